The van der Waals surface area contributed by atoms with Gasteiger partial charge in [-0.2, -0.15) is 0 Å². The second kappa shape index (κ2) is 10.3. The number of halogens is 2. The van der Waals surface area contributed by atoms with Crippen LogP contribution in [0.3, 0.4) is 0 Å². The van der Waals surface area contributed by atoms with Crippen LogP contribution >= 0.6 is 22.9 Å². The largest absolute Gasteiger partial charge is 0.327 e. The van der Waals surface area contributed by atoms with Crippen molar-refractivity contribution in [1.29, 1.82) is 0 Å². The van der Waals surface area contributed by atoms with Crippen molar-refractivity contribution in [3.63, 3.8) is 0 Å². The molecule has 2 aromatic rings. The lowest BCUT2D eigenvalue weighted by molar-refractivity contribution is 0.420. The number of hydrogen-bond acceptors (Lipinski definition) is 5. The number of benzene rings is 1. The van der Waals surface area contributed by atoms with E-state index >= 15 is 0 Å². The molecule has 0 N–H and O–H groups in total. The van der Waals surface area contributed by atoms with Crippen LogP contribution in [0.5, 0.6) is 0 Å². The van der Waals surface area contributed by atoms with Crippen molar-refractivity contribution < 1.29 is 4.39 Å². The number of allylic oxidation sites excluding steroid dienone is 4. The molecule has 186 valence electrons. The minimum Gasteiger partial charge on any atom is -0.327 e. The van der Waals surface area contributed by atoms with Crippen LogP contribution in [0.15, 0.2) is 87.5 Å². The first-order valence-electron chi connectivity index (χ1n) is 12.3. The molecule has 1 fully saturated rings. The number of thiazole rings is 1. The summed E-state index contributed by atoms with van der Waals surface area (Å²) >= 11 is 8.42. The minimum absolute atomic E-state index is 0.310. The molecule has 4 heterocycles. The molecule has 1 saturated heterocycles. The normalized spacial score (nSPS) is 24.5. The Morgan fingerprint density at radius 3 is 2.75 bits per heavy atom. The van der Waals surface area contributed by atoms with Crippen LogP contribution in [0.4, 0.5) is 4.39 Å². The Balaban J connectivity index is 1.68. The zero-order chi connectivity index (χ0) is 25.4. The third-order valence-electron chi connectivity index (χ3n) is 7.09. The summed E-state index contributed by atoms with van der Waals surface area (Å²) in [6.07, 6.45) is 9.34. The van der Waals surface area contributed by atoms with Gasteiger partial charge in [0.25, 0.3) is 0 Å². The molecule has 0 saturated carbocycles. The lowest BCUT2D eigenvalue weighted by atomic mass is 9.87. The Labute approximate surface area is 221 Å². The Morgan fingerprint density at radius 2 is 2.11 bits per heavy atom. The molecule has 0 amide bonds. The number of aliphatic imine (C=N–C) groups is 2. The summed E-state index contributed by atoms with van der Waals surface area (Å²) in [6.45, 7) is 11.1. The number of amidine groups is 1. The van der Waals surface area contributed by atoms with Crippen LogP contribution in [0, 0.1) is 18.8 Å². The third kappa shape index (κ3) is 4.76. The Bertz CT molecular complexity index is 1320. The fourth-order valence-electron chi connectivity index (χ4n) is 5.11. The second-order valence-electron chi connectivity index (χ2n) is 9.70. The van der Waals surface area contributed by atoms with E-state index < -0.39 is 6.17 Å². The predicted octanol–water partition coefficient (Wildman–Crippen LogP) is 7.30. The molecule has 7 heteroatoms. The Hall–Kier alpha value is -2.83. The summed E-state index contributed by atoms with van der Waals surface area (Å²) in [5, 5.41) is 3.57. The van der Waals surface area contributed by atoms with Gasteiger partial charge >= 0.3 is 0 Å². The lowest BCUT2D eigenvalue weighted by Gasteiger charge is -2.33. The van der Waals surface area contributed by atoms with Gasteiger partial charge < -0.3 is 4.90 Å². The molecule has 36 heavy (non-hydrogen) atoms. The van der Waals surface area contributed by atoms with E-state index in [1.807, 2.05) is 42.8 Å². The van der Waals surface area contributed by atoms with Crippen molar-refractivity contribution in [2.24, 2.45) is 21.8 Å². The molecule has 3 aliphatic rings. The summed E-state index contributed by atoms with van der Waals surface area (Å²) in [5.41, 5.74) is 6.11. The molecule has 0 radical (unpaired) electrons. The first kappa shape index (κ1) is 24.8. The SMILES string of the molecule is C=C[C@@H](C)[C@H]1CC2=C(C3=NCC(=CC(C)F)C=C3)[C@H](c3ccc(C)cc3Cl)N=C(c3nccs3)N2C1. The zero-order valence-corrected chi connectivity index (χ0v) is 22.4. The second-order valence-corrected chi connectivity index (χ2v) is 11.0. The first-order valence-corrected chi connectivity index (χ1v) is 13.6. The van der Waals surface area contributed by atoms with Gasteiger partial charge in [-0.3, -0.25) is 9.98 Å². The smallest absolute Gasteiger partial charge is 0.165 e. The van der Waals surface area contributed by atoms with Gasteiger partial charge in [-0.1, -0.05) is 42.8 Å². The van der Waals surface area contributed by atoms with Crippen LogP contribution in [0.2, 0.25) is 5.02 Å². The van der Waals surface area contributed by atoms with Gasteiger partial charge in [0.15, 0.2) is 10.8 Å². The quantitative estimate of drug-likeness (QED) is 0.375. The molecule has 0 bridgehead atoms. The molecular formula is C29H30ClFN4S. The highest BCUT2D eigenvalue weighted by Gasteiger charge is 2.41. The topological polar surface area (TPSA) is 40.9 Å². The van der Waals surface area contributed by atoms with E-state index in [0.29, 0.717) is 23.4 Å². The van der Waals surface area contributed by atoms with Crippen molar-refractivity contribution in [3.05, 3.63) is 98.7 Å². The maximum absolute atomic E-state index is 13.6. The van der Waals surface area contributed by atoms with Crippen molar-refractivity contribution in [2.45, 2.75) is 39.4 Å². The summed E-state index contributed by atoms with van der Waals surface area (Å²) in [7, 11) is 0. The van der Waals surface area contributed by atoms with Gasteiger partial charge in [0.1, 0.15) is 12.2 Å². The summed E-state index contributed by atoms with van der Waals surface area (Å²) in [4.78, 5) is 17.2. The van der Waals surface area contributed by atoms with Crippen molar-refractivity contribution >= 4 is 34.5 Å². The number of rotatable bonds is 6. The molecule has 1 unspecified atom stereocenters. The van der Waals surface area contributed by atoms with E-state index in [1.54, 1.807) is 17.4 Å². The number of alkyl halides is 1. The van der Waals surface area contributed by atoms with Crippen LogP contribution in [0.1, 0.15) is 42.4 Å². The van der Waals surface area contributed by atoms with Crippen LogP contribution in [0.25, 0.3) is 0 Å². The lowest BCUT2D eigenvalue weighted by Crippen LogP contribution is -2.35. The van der Waals surface area contributed by atoms with Crippen molar-refractivity contribution in [2.75, 3.05) is 13.1 Å². The summed E-state index contributed by atoms with van der Waals surface area (Å²) in [6, 6.07) is 5.83. The number of hydrogen-bond donors (Lipinski definition) is 0. The maximum atomic E-state index is 13.6. The predicted molar refractivity (Wildman–Crippen MR) is 149 cm³/mol. The number of aryl methyl sites for hydroxylation is 1. The van der Waals surface area contributed by atoms with Crippen LogP contribution < -0.4 is 0 Å². The van der Waals surface area contributed by atoms with Gasteiger partial charge in [-0.05, 0) is 67.0 Å². The van der Waals surface area contributed by atoms with Crippen LogP contribution in [-0.4, -0.2) is 40.7 Å². The highest BCUT2D eigenvalue weighted by atomic mass is 35.5. The molecule has 0 aliphatic carbocycles. The molecule has 4 atom stereocenters. The van der Waals surface area contributed by atoms with Gasteiger partial charge in [0.05, 0.1) is 12.3 Å². The molecule has 3 aliphatic heterocycles. The fourth-order valence-corrected chi connectivity index (χ4v) is 6.09. The molecular weight excluding hydrogens is 491 g/mol. The van der Waals surface area contributed by atoms with Gasteiger partial charge in [-0.15, -0.1) is 17.9 Å². The van der Waals surface area contributed by atoms with Gasteiger partial charge in [0.2, 0.25) is 0 Å². The molecule has 1 aromatic heterocycles. The number of fused-ring (bicyclic) bond motifs is 1. The number of nitrogens with zero attached hydrogens (tertiary/aromatic N) is 4. The van der Waals surface area contributed by atoms with E-state index in [9.17, 15) is 4.39 Å². The summed E-state index contributed by atoms with van der Waals surface area (Å²) in [5.74, 6) is 1.64. The minimum atomic E-state index is -1.01. The summed E-state index contributed by atoms with van der Waals surface area (Å²) < 4.78 is 13.6. The van der Waals surface area contributed by atoms with E-state index in [1.165, 1.54) is 12.6 Å². The average molecular weight is 521 g/mol. The van der Waals surface area contributed by atoms with Gasteiger partial charge in [0, 0.05) is 34.4 Å². The van der Waals surface area contributed by atoms with Crippen LogP contribution in [-0.2, 0) is 0 Å². The van der Waals surface area contributed by atoms with E-state index in [4.69, 9.17) is 21.6 Å². The van der Waals surface area contributed by atoms with Crippen molar-refractivity contribution in [1.82, 2.24) is 9.88 Å². The number of aromatic nitrogens is 1. The zero-order valence-electron chi connectivity index (χ0n) is 20.8. The van der Waals surface area contributed by atoms with E-state index in [2.05, 4.69) is 35.5 Å². The highest BCUT2D eigenvalue weighted by Crippen LogP contribution is 2.45. The maximum Gasteiger partial charge on any atom is 0.165 e. The highest BCUT2D eigenvalue weighted by molar-refractivity contribution is 7.11. The Morgan fingerprint density at radius 1 is 1.28 bits per heavy atom. The van der Waals surface area contributed by atoms with E-state index in [-0.39, 0.29) is 6.04 Å². The fraction of sp³-hybridized carbons (Fsp3) is 0.345. The standard InChI is InChI=1S/C29H30ClFN4S/c1-5-18(3)21-14-25-26(24-9-7-20(15-33-24)13-19(4)31)27(22-8-6-17(2)12-23(22)30)34-28(35(25)16-21)29-32-10-11-36-29/h5-13,18-19,21,27H,1,14-16H2,2-4H3/t18-,19?,21+,27+/m1/s1. The average Bonchev–Trinajstić information content (AvgIpc) is 3.54. The first-order chi connectivity index (χ1) is 17.4. The van der Waals surface area contributed by atoms with E-state index in [0.717, 1.165) is 51.8 Å². The number of dihydropyridines is 1. The molecule has 0 spiro atoms. The molecule has 5 rings (SSSR count). The third-order valence-corrected chi connectivity index (χ3v) is 8.18. The monoisotopic (exact) mass is 520 g/mol. The Kier molecular flexibility index (Phi) is 7.09. The van der Waals surface area contributed by atoms with Gasteiger partial charge in [-0.25, -0.2) is 9.37 Å². The molecule has 4 nitrogen and oxygen atoms in total. The molecule has 1 aromatic carbocycles. The van der Waals surface area contributed by atoms with Crippen molar-refractivity contribution in [3.8, 4) is 0 Å².